The number of hydrogen-bond acceptors (Lipinski definition) is 2. The van der Waals surface area contributed by atoms with E-state index in [0.29, 0.717) is 12.3 Å². The van der Waals surface area contributed by atoms with Crippen molar-refractivity contribution in [2.24, 2.45) is 5.92 Å². The molecule has 0 aromatic carbocycles. The van der Waals surface area contributed by atoms with E-state index in [0.717, 1.165) is 37.8 Å². The van der Waals surface area contributed by atoms with Gasteiger partial charge in [-0.25, -0.2) is 4.98 Å². The van der Waals surface area contributed by atoms with Gasteiger partial charge in [0.25, 0.3) is 0 Å². The number of carbonyl (C=O) groups is 1. The van der Waals surface area contributed by atoms with Crippen LogP contribution in [-0.2, 0) is 17.8 Å². The maximum absolute atomic E-state index is 12.2. The van der Waals surface area contributed by atoms with Gasteiger partial charge in [-0.05, 0) is 25.7 Å². The Morgan fingerprint density at radius 1 is 1.37 bits per heavy atom. The fourth-order valence-electron chi connectivity index (χ4n) is 2.82. The van der Waals surface area contributed by atoms with E-state index in [1.165, 1.54) is 19.3 Å². The van der Waals surface area contributed by atoms with E-state index in [1.54, 1.807) is 0 Å². The second-order valence-electron chi connectivity index (χ2n) is 5.36. The fraction of sp³-hybridized carbons (Fsp3) is 0.733. The lowest BCUT2D eigenvalue weighted by atomic mass is 9.94. The highest BCUT2D eigenvalue weighted by Crippen LogP contribution is 2.20. The number of carbonyl (C=O) groups excluding carboxylic acids is 1. The van der Waals surface area contributed by atoms with E-state index in [1.807, 2.05) is 17.3 Å². The van der Waals surface area contributed by atoms with Crippen LogP contribution in [-0.4, -0.2) is 33.4 Å². The van der Waals surface area contributed by atoms with Crippen LogP contribution in [0.15, 0.2) is 12.4 Å². The lowest BCUT2D eigenvalue weighted by Crippen LogP contribution is -2.38. The van der Waals surface area contributed by atoms with Gasteiger partial charge >= 0.3 is 0 Å². The van der Waals surface area contributed by atoms with Crippen molar-refractivity contribution in [2.75, 3.05) is 13.1 Å². The molecule has 0 radical (unpaired) electrons. The molecule has 0 atom stereocenters. The van der Waals surface area contributed by atoms with Crippen LogP contribution in [0.3, 0.4) is 0 Å². The van der Waals surface area contributed by atoms with Gasteiger partial charge in [0.15, 0.2) is 0 Å². The molecule has 0 aliphatic carbocycles. The molecule has 0 unspecified atom stereocenters. The number of likely N-dealkylation sites (tertiary alicyclic amines) is 1. The van der Waals surface area contributed by atoms with E-state index < -0.39 is 0 Å². The topological polar surface area (TPSA) is 38.1 Å². The van der Waals surface area contributed by atoms with E-state index in [4.69, 9.17) is 0 Å². The van der Waals surface area contributed by atoms with Gasteiger partial charge in [-0.15, -0.1) is 0 Å². The first-order valence-corrected chi connectivity index (χ1v) is 7.52. The first-order valence-electron chi connectivity index (χ1n) is 7.52. The standard InChI is InChI=1S/C15H25N3O/c1-3-13-7-10-18(11-8-13)15(19)6-5-14-16-9-12-17(14)4-2/h9,12-13H,3-8,10-11H2,1-2H3. The molecule has 0 N–H and O–H groups in total. The van der Waals surface area contributed by atoms with Crippen molar-refractivity contribution in [3.05, 3.63) is 18.2 Å². The molecular formula is C15H25N3O. The lowest BCUT2D eigenvalue weighted by molar-refractivity contribution is -0.132. The maximum atomic E-state index is 12.2. The summed E-state index contributed by atoms with van der Waals surface area (Å²) in [5.41, 5.74) is 0. The number of hydrogen-bond donors (Lipinski definition) is 0. The largest absolute Gasteiger partial charge is 0.343 e. The third-order valence-corrected chi connectivity index (χ3v) is 4.25. The molecule has 1 saturated heterocycles. The number of rotatable bonds is 5. The van der Waals surface area contributed by atoms with Crippen LogP contribution in [0.2, 0.25) is 0 Å². The number of piperidine rings is 1. The van der Waals surface area contributed by atoms with Gasteiger partial charge in [0, 0.05) is 44.9 Å². The fourth-order valence-corrected chi connectivity index (χ4v) is 2.82. The summed E-state index contributed by atoms with van der Waals surface area (Å²) in [5.74, 6) is 2.14. The average molecular weight is 263 g/mol. The summed E-state index contributed by atoms with van der Waals surface area (Å²) >= 11 is 0. The molecule has 0 saturated carbocycles. The summed E-state index contributed by atoms with van der Waals surface area (Å²) in [6.07, 6.45) is 8.73. The van der Waals surface area contributed by atoms with Crippen LogP contribution in [0.1, 0.15) is 45.4 Å². The Bertz CT molecular complexity index is 405. The first-order chi connectivity index (χ1) is 9.24. The minimum Gasteiger partial charge on any atom is -0.343 e. The Hall–Kier alpha value is -1.32. The number of aryl methyl sites for hydroxylation is 2. The van der Waals surface area contributed by atoms with Gasteiger partial charge in [-0.3, -0.25) is 4.79 Å². The molecular weight excluding hydrogens is 238 g/mol. The summed E-state index contributed by atoms with van der Waals surface area (Å²) in [5, 5.41) is 0. The summed E-state index contributed by atoms with van der Waals surface area (Å²) in [6.45, 7) is 7.15. The second-order valence-corrected chi connectivity index (χ2v) is 5.36. The van der Waals surface area contributed by atoms with E-state index in [-0.39, 0.29) is 0 Å². The molecule has 1 aliphatic heterocycles. The predicted molar refractivity (Wildman–Crippen MR) is 75.8 cm³/mol. The van der Waals surface area contributed by atoms with Crippen molar-refractivity contribution in [2.45, 2.75) is 52.5 Å². The number of aromatic nitrogens is 2. The van der Waals surface area contributed by atoms with Crippen LogP contribution < -0.4 is 0 Å². The van der Waals surface area contributed by atoms with Crippen LogP contribution in [0.25, 0.3) is 0 Å². The molecule has 106 valence electrons. The molecule has 1 aromatic rings. The first kappa shape index (κ1) is 14.1. The van der Waals surface area contributed by atoms with E-state index >= 15 is 0 Å². The highest BCUT2D eigenvalue weighted by atomic mass is 16.2. The van der Waals surface area contributed by atoms with Crippen molar-refractivity contribution in [3.8, 4) is 0 Å². The quantitative estimate of drug-likeness (QED) is 0.818. The van der Waals surface area contributed by atoms with Gasteiger partial charge in [0.2, 0.25) is 5.91 Å². The third kappa shape index (κ3) is 3.58. The molecule has 1 fully saturated rings. The highest BCUT2D eigenvalue weighted by Gasteiger charge is 2.21. The van der Waals surface area contributed by atoms with Gasteiger partial charge < -0.3 is 9.47 Å². The van der Waals surface area contributed by atoms with E-state index in [2.05, 4.69) is 23.4 Å². The molecule has 1 aromatic heterocycles. The van der Waals surface area contributed by atoms with Gasteiger partial charge in [-0.1, -0.05) is 13.3 Å². The summed E-state index contributed by atoms with van der Waals surface area (Å²) < 4.78 is 2.11. The smallest absolute Gasteiger partial charge is 0.223 e. The summed E-state index contributed by atoms with van der Waals surface area (Å²) in [6, 6.07) is 0. The van der Waals surface area contributed by atoms with Crippen LogP contribution in [0, 0.1) is 5.92 Å². The second kappa shape index (κ2) is 6.73. The minimum absolute atomic E-state index is 0.292. The Labute approximate surface area is 115 Å². The zero-order valence-corrected chi connectivity index (χ0v) is 12.1. The Balaban J connectivity index is 1.79. The van der Waals surface area contributed by atoms with Gasteiger partial charge in [0.05, 0.1) is 0 Å². The molecule has 19 heavy (non-hydrogen) atoms. The molecule has 1 aliphatic rings. The molecule has 0 spiro atoms. The monoisotopic (exact) mass is 263 g/mol. The van der Waals surface area contributed by atoms with Crippen molar-refractivity contribution >= 4 is 5.91 Å². The Morgan fingerprint density at radius 2 is 2.11 bits per heavy atom. The molecule has 1 amide bonds. The van der Waals surface area contributed by atoms with Crippen molar-refractivity contribution in [1.82, 2.24) is 14.5 Å². The van der Waals surface area contributed by atoms with Crippen LogP contribution in [0.4, 0.5) is 0 Å². The summed E-state index contributed by atoms with van der Waals surface area (Å²) in [4.78, 5) is 18.5. The maximum Gasteiger partial charge on any atom is 0.223 e. The molecule has 0 bridgehead atoms. The van der Waals surface area contributed by atoms with Gasteiger partial charge in [0.1, 0.15) is 5.82 Å². The summed E-state index contributed by atoms with van der Waals surface area (Å²) in [7, 11) is 0. The number of amides is 1. The average Bonchev–Trinajstić information content (AvgIpc) is 2.92. The van der Waals surface area contributed by atoms with Crippen molar-refractivity contribution < 1.29 is 4.79 Å². The van der Waals surface area contributed by atoms with Crippen molar-refractivity contribution in [3.63, 3.8) is 0 Å². The molecule has 4 nitrogen and oxygen atoms in total. The van der Waals surface area contributed by atoms with Crippen molar-refractivity contribution in [1.29, 1.82) is 0 Å². The highest BCUT2D eigenvalue weighted by molar-refractivity contribution is 5.76. The zero-order chi connectivity index (χ0) is 13.7. The minimum atomic E-state index is 0.292. The zero-order valence-electron chi connectivity index (χ0n) is 12.1. The number of nitrogens with zero attached hydrogens (tertiary/aromatic N) is 3. The SMILES string of the molecule is CCC1CCN(C(=O)CCc2nccn2CC)CC1. The molecule has 2 rings (SSSR count). The van der Waals surface area contributed by atoms with Gasteiger partial charge in [-0.2, -0.15) is 0 Å². The lowest BCUT2D eigenvalue weighted by Gasteiger charge is -2.31. The third-order valence-electron chi connectivity index (χ3n) is 4.25. The number of imidazole rings is 1. The van der Waals surface area contributed by atoms with Crippen LogP contribution in [0.5, 0.6) is 0 Å². The Morgan fingerprint density at radius 3 is 2.74 bits per heavy atom. The predicted octanol–water partition coefficient (Wildman–Crippen LogP) is 2.48. The van der Waals surface area contributed by atoms with E-state index in [9.17, 15) is 4.79 Å². The molecule has 2 heterocycles. The van der Waals surface area contributed by atoms with Crippen LogP contribution >= 0.6 is 0 Å². The normalized spacial score (nSPS) is 16.8. The Kier molecular flexibility index (Phi) is 5.00. The molecule has 4 heteroatoms.